The lowest BCUT2D eigenvalue weighted by Gasteiger charge is -2.26. The number of nitrogens with zero attached hydrogens (tertiary/aromatic N) is 3. The van der Waals surface area contributed by atoms with Crippen molar-refractivity contribution in [2.24, 2.45) is 11.7 Å². The van der Waals surface area contributed by atoms with Crippen LogP contribution in [0.3, 0.4) is 0 Å². The fourth-order valence-corrected chi connectivity index (χ4v) is 5.37. The molecule has 0 atom stereocenters. The van der Waals surface area contributed by atoms with Crippen LogP contribution >= 0.6 is 0 Å². The highest BCUT2D eigenvalue weighted by Gasteiger charge is 2.26. The maximum absolute atomic E-state index is 6.50. The smallest absolute Gasteiger partial charge is 0.117 e. The van der Waals surface area contributed by atoms with Crippen LogP contribution in [0.4, 0.5) is 5.69 Å². The number of anilines is 1. The van der Waals surface area contributed by atoms with Crippen LogP contribution in [-0.2, 0) is 0 Å². The largest absolute Gasteiger partial charge is 0.397 e. The first-order valence-corrected chi connectivity index (χ1v) is 12.1. The van der Waals surface area contributed by atoms with E-state index in [0.29, 0.717) is 11.8 Å². The highest BCUT2D eigenvalue weighted by atomic mass is 15.0. The van der Waals surface area contributed by atoms with Crippen molar-refractivity contribution in [3.05, 3.63) is 84.8 Å². The van der Waals surface area contributed by atoms with Crippen molar-refractivity contribution in [3.8, 4) is 22.5 Å². The van der Waals surface area contributed by atoms with Crippen molar-refractivity contribution >= 4 is 22.1 Å². The highest BCUT2D eigenvalue weighted by molar-refractivity contribution is 5.92. The van der Waals surface area contributed by atoms with Crippen molar-refractivity contribution in [1.82, 2.24) is 14.4 Å². The van der Waals surface area contributed by atoms with Crippen LogP contribution in [0.1, 0.15) is 37.4 Å². The predicted molar refractivity (Wildman–Crippen MR) is 140 cm³/mol. The second-order valence-electron chi connectivity index (χ2n) is 9.42. The van der Waals surface area contributed by atoms with Crippen molar-refractivity contribution in [2.45, 2.75) is 31.6 Å². The van der Waals surface area contributed by atoms with E-state index in [4.69, 9.17) is 21.4 Å². The number of aromatic nitrogens is 3. The number of nitrogen functional groups attached to an aromatic ring is 1. The molecule has 1 aliphatic rings. The molecule has 0 bridgehead atoms. The quantitative estimate of drug-likeness (QED) is 0.352. The summed E-state index contributed by atoms with van der Waals surface area (Å²) in [6, 6.07) is 24.9. The van der Waals surface area contributed by atoms with E-state index in [1.807, 2.05) is 30.3 Å². The summed E-state index contributed by atoms with van der Waals surface area (Å²) in [6.07, 6.45) is 6.66. The molecular formula is C29H29N5. The second kappa shape index (κ2) is 8.58. The average molecular weight is 448 g/mol. The maximum Gasteiger partial charge on any atom is 0.117 e. The lowest BCUT2D eigenvalue weighted by atomic mass is 9.81. The number of hydrogen-bond acceptors (Lipinski definition) is 4. The Hall–Kier alpha value is -3.70. The van der Waals surface area contributed by atoms with Crippen molar-refractivity contribution in [1.29, 1.82) is 0 Å². The second-order valence-corrected chi connectivity index (χ2v) is 9.42. The number of pyridine rings is 2. The van der Waals surface area contributed by atoms with E-state index in [9.17, 15) is 0 Å². The van der Waals surface area contributed by atoms with Gasteiger partial charge in [0.05, 0.1) is 28.1 Å². The predicted octanol–water partition coefficient (Wildman–Crippen LogP) is 6.03. The first kappa shape index (κ1) is 20.9. The van der Waals surface area contributed by atoms with Gasteiger partial charge in [-0.3, -0.25) is 0 Å². The molecule has 170 valence electrons. The third-order valence-electron chi connectivity index (χ3n) is 7.30. The molecule has 5 aromatic rings. The monoisotopic (exact) mass is 447 g/mol. The normalized spacial score (nSPS) is 18.5. The number of benzene rings is 2. The molecule has 0 unspecified atom stereocenters. The van der Waals surface area contributed by atoms with Gasteiger partial charge in [-0.05, 0) is 62.4 Å². The van der Waals surface area contributed by atoms with Gasteiger partial charge in [0.25, 0.3) is 0 Å². The van der Waals surface area contributed by atoms with Crippen LogP contribution in [0.5, 0.6) is 0 Å². The molecule has 1 aliphatic carbocycles. The van der Waals surface area contributed by atoms with Gasteiger partial charge in [-0.1, -0.05) is 48.5 Å². The molecule has 0 spiro atoms. The summed E-state index contributed by atoms with van der Waals surface area (Å²) in [7, 11) is 0. The maximum atomic E-state index is 6.50. The van der Waals surface area contributed by atoms with Crippen LogP contribution in [0.25, 0.3) is 38.9 Å². The van der Waals surface area contributed by atoms with Crippen LogP contribution < -0.4 is 11.5 Å². The van der Waals surface area contributed by atoms with Gasteiger partial charge in [-0.2, -0.15) is 0 Å². The molecule has 0 amide bonds. The lowest BCUT2D eigenvalue weighted by Crippen LogP contribution is -2.21. The number of rotatable bonds is 4. The molecule has 1 fully saturated rings. The van der Waals surface area contributed by atoms with E-state index in [-0.39, 0.29) is 0 Å². The van der Waals surface area contributed by atoms with E-state index in [2.05, 4.69) is 53.1 Å². The van der Waals surface area contributed by atoms with E-state index in [0.717, 1.165) is 82.7 Å². The Bertz CT molecular complexity index is 1460. The Labute approximate surface area is 199 Å². The molecule has 6 rings (SSSR count). The van der Waals surface area contributed by atoms with Crippen molar-refractivity contribution < 1.29 is 0 Å². The van der Waals surface area contributed by atoms with Crippen LogP contribution in [-0.4, -0.2) is 20.9 Å². The minimum Gasteiger partial charge on any atom is -0.397 e. The van der Waals surface area contributed by atoms with Crippen LogP contribution in [0, 0.1) is 5.92 Å². The van der Waals surface area contributed by atoms with Gasteiger partial charge in [-0.15, -0.1) is 0 Å². The molecule has 2 aromatic carbocycles. The van der Waals surface area contributed by atoms with E-state index in [1.165, 1.54) is 0 Å². The zero-order chi connectivity index (χ0) is 23.1. The van der Waals surface area contributed by atoms with Gasteiger partial charge in [0.2, 0.25) is 0 Å². The fourth-order valence-electron chi connectivity index (χ4n) is 5.37. The van der Waals surface area contributed by atoms with Gasteiger partial charge in [0.15, 0.2) is 0 Å². The third kappa shape index (κ3) is 3.62. The number of fused-ring (bicyclic) bond motifs is 2. The topological polar surface area (TPSA) is 82.2 Å². The van der Waals surface area contributed by atoms with Gasteiger partial charge in [0.1, 0.15) is 5.82 Å². The molecule has 1 saturated carbocycles. The zero-order valence-corrected chi connectivity index (χ0v) is 19.2. The molecular weight excluding hydrogens is 418 g/mol. The van der Waals surface area contributed by atoms with Crippen LogP contribution in [0.2, 0.25) is 0 Å². The Morgan fingerprint density at radius 1 is 0.824 bits per heavy atom. The Balaban J connectivity index is 1.46. The number of imidazole rings is 1. The molecule has 5 heteroatoms. The highest BCUT2D eigenvalue weighted by Crippen LogP contribution is 2.39. The molecule has 4 N–H and O–H groups in total. The van der Waals surface area contributed by atoms with E-state index >= 15 is 0 Å². The molecule has 3 heterocycles. The summed E-state index contributed by atoms with van der Waals surface area (Å²) in [5.74, 6) is 2.17. The van der Waals surface area contributed by atoms with E-state index < -0.39 is 0 Å². The van der Waals surface area contributed by atoms with Crippen molar-refractivity contribution in [2.75, 3.05) is 12.3 Å². The van der Waals surface area contributed by atoms with E-state index in [1.54, 1.807) is 0 Å². The summed E-state index contributed by atoms with van der Waals surface area (Å²) in [6.45, 7) is 0.780. The summed E-state index contributed by atoms with van der Waals surface area (Å²) < 4.78 is 2.20. The molecule has 5 nitrogen and oxygen atoms in total. The van der Waals surface area contributed by atoms with Gasteiger partial charge in [-0.25, -0.2) is 9.97 Å². The number of nitrogens with two attached hydrogens (primary N) is 2. The first-order chi connectivity index (χ1) is 16.7. The molecule has 0 aliphatic heterocycles. The lowest BCUT2D eigenvalue weighted by molar-refractivity contribution is 0.325. The number of hydrogen-bond donors (Lipinski definition) is 2. The fraction of sp³-hybridized carbons (Fsp3) is 0.241. The summed E-state index contributed by atoms with van der Waals surface area (Å²) in [5, 5.41) is 1.11. The van der Waals surface area contributed by atoms with Crippen LogP contribution in [0.15, 0.2) is 79.0 Å². The third-order valence-corrected chi connectivity index (χ3v) is 7.30. The minimum absolute atomic E-state index is 0.425. The standard InChI is InChI=1S/C29H29N5/c30-18-19-8-10-22(11-9-19)29-33-27(28-24(31)7-4-16-34(28)29)23-13-12-21-14-15-25(32-26(21)17-23)20-5-2-1-3-6-20/h1-7,12-17,19,22H,8-11,18,30-31H2/t19-,22-. The van der Waals surface area contributed by atoms with Gasteiger partial charge >= 0.3 is 0 Å². The molecule has 0 saturated heterocycles. The average Bonchev–Trinajstić information content (AvgIpc) is 3.30. The SMILES string of the molecule is NC[C@H]1CC[C@H](c2nc(-c3ccc4ccc(-c5ccccc5)nc4c3)c3c(N)cccn32)CC1. The molecule has 3 aromatic heterocycles. The summed E-state index contributed by atoms with van der Waals surface area (Å²) in [4.78, 5) is 10.2. The van der Waals surface area contributed by atoms with Gasteiger partial charge < -0.3 is 15.9 Å². The Morgan fingerprint density at radius 3 is 2.41 bits per heavy atom. The molecule has 34 heavy (non-hydrogen) atoms. The zero-order valence-electron chi connectivity index (χ0n) is 19.2. The van der Waals surface area contributed by atoms with Crippen molar-refractivity contribution in [3.63, 3.8) is 0 Å². The summed E-state index contributed by atoms with van der Waals surface area (Å²) in [5.41, 5.74) is 19.2. The Kier molecular flexibility index (Phi) is 5.27. The first-order valence-electron chi connectivity index (χ1n) is 12.1. The van der Waals surface area contributed by atoms with Gasteiger partial charge in [0, 0.05) is 28.6 Å². The minimum atomic E-state index is 0.425. The molecule has 0 radical (unpaired) electrons. The Morgan fingerprint density at radius 2 is 1.62 bits per heavy atom. The summed E-state index contributed by atoms with van der Waals surface area (Å²) >= 11 is 0.